The molecule has 11 heavy (non-hydrogen) atoms. The highest BCUT2D eigenvalue weighted by Gasteiger charge is 2.07. The van der Waals surface area contributed by atoms with E-state index in [1.165, 1.54) is 0 Å². The predicted molar refractivity (Wildman–Crippen MR) is 44.0 cm³/mol. The minimum Gasteiger partial charge on any atom is -0.478 e. The van der Waals surface area contributed by atoms with E-state index in [0.29, 0.717) is 17.7 Å². The average molecular weight is 157 g/mol. The largest absolute Gasteiger partial charge is 0.478 e. The van der Waals surface area contributed by atoms with E-state index in [2.05, 4.69) is 0 Å². The van der Waals surface area contributed by atoms with Gasteiger partial charge in [0.25, 0.3) is 0 Å². The first-order valence-electron chi connectivity index (χ1n) is 3.78. The van der Waals surface area contributed by atoms with Crippen molar-refractivity contribution in [3.63, 3.8) is 0 Å². The summed E-state index contributed by atoms with van der Waals surface area (Å²) in [6, 6.07) is 0. The Kier molecular flexibility index (Phi) is 4.34. The minimum atomic E-state index is -0.890. The smallest absolute Gasteiger partial charge is 0.333 e. The molecular weight excluding hydrogens is 142 g/mol. The third-order valence-corrected chi connectivity index (χ3v) is 1.51. The van der Waals surface area contributed by atoms with Crippen molar-refractivity contribution in [2.24, 2.45) is 5.73 Å². The highest BCUT2D eigenvalue weighted by Crippen LogP contribution is 2.09. The number of carboxylic acid groups (broad SMARTS) is 1. The van der Waals surface area contributed by atoms with Crippen molar-refractivity contribution >= 4 is 5.97 Å². The molecule has 0 unspecified atom stereocenters. The van der Waals surface area contributed by atoms with Crippen LogP contribution >= 0.6 is 0 Å². The van der Waals surface area contributed by atoms with E-state index in [-0.39, 0.29) is 0 Å². The van der Waals surface area contributed by atoms with Gasteiger partial charge in [-0.3, -0.25) is 0 Å². The summed E-state index contributed by atoms with van der Waals surface area (Å²) in [5.74, 6) is -0.890. The molecule has 0 radical (unpaired) electrons. The molecule has 0 aromatic carbocycles. The number of hydrogen-bond donors (Lipinski definition) is 2. The lowest BCUT2D eigenvalue weighted by Gasteiger charge is -2.02. The van der Waals surface area contributed by atoms with Crippen LogP contribution in [0.15, 0.2) is 11.3 Å². The molecule has 0 bridgehead atoms. The lowest BCUT2D eigenvalue weighted by molar-refractivity contribution is -0.132. The molecule has 3 N–H and O–H groups in total. The first-order valence-corrected chi connectivity index (χ1v) is 3.78. The molecule has 3 nitrogen and oxygen atoms in total. The molecule has 64 valence electrons. The molecule has 0 saturated heterocycles. The molecular formula is C8H15NO2. The molecule has 0 aliphatic rings. The van der Waals surface area contributed by atoms with Gasteiger partial charge in [-0.05, 0) is 19.8 Å². The monoisotopic (exact) mass is 157 g/mol. The van der Waals surface area contributed by atoms with Crippen LogP contribution in [-0.4, -0.2) is 11.1 Å². The van der Waals surface area contributed by atoms with Crippen LogP contribution in [0, 0.1) is 0 Å². The summed E-state index contributed by atoms with van der Waals surface area (Å²) >= 11 is 0. The number of unbranched alkanes of at least 4 members (excludes halogenated alkanes) is 1. The Morgan fingerprint density at radius 3 is 2.36 bits per heavy atom. The zero-order valence-electron chi connectivity index (χ0n) is 7.05. The van der Waals surface area contributed by atoms with Crippen LogP contribution in [-0.2, 0) is 4.79 Å². The summed E-state index contributed by atoms with van der Waals surface area (Å²) in [6.45, 7) is 3.64. The van der Waals surface area contributed by atoms with Crippen LogP contribution in [0.4, 0.5) is 0 Å². The van der Waals surface area contributed by atoms with Crippen molar-refractivity contribution in [2.45, 2.75) is 33.1 Å². The fourth-order valence-corrected chi connectivity index (χ4v) is 0.826. The van der Waals surface area contributed by atoms with Crippen LogP contribution in [0.2, 0.25) is 0 Å². The van der Waals surface area contributed by atoms with Crippen LogP contribution < -0.4 is 5.73 Å². The van der Waals surface area contributed by atoms with Gasteiger partial charge in [-0.25, -0.2) is 4.79 Å². The van der Waals surface area contributed by atoms with Gasteiger partial charge in [-0.15, -0.1) is 0 Å². The van der Waals surface area contributed by atoms with Gasteiger partial charge in [0, 0.05) is 5.70 Å². The van der Waals surface area contributed by atoms with E-state index >= 15 is 0 Å². The number of carboxylic acids is 1. The normalized spacial score (nSPS) is 12.5. The van der Waals surface area contributed by atoms with E-state index in [1.54, 1.807) is 6.92 Å². The predicted octanol–water partition coefficient (Wildman–Crippen LogP) is 1.49. The van der Waals surface area contributed by atoms with E-state index in [4.69, 9.17) is 10.8 Å². The third kappa shape index (κ3) is 3.65. The Bertz CT molecular complexity index is 169. The molecule has 0 aliphatic carbocycles. The van der Waals surface area contributed by atoms with Crippen molar-refractivity contribution in [2.75, 3.05) is 0 Å². The molecule has 0 aromatic rings. The molecule has 0 spiro atoms. The van der Waals surface area contributed by atoms with Crippen LogP contribution in [0.5, 0.6) is 0 Å². The van der Waals surface area contributed by atoms with Gasteiger partial charge in [-0.1, -0.05) is 13.3 Å². The van der Waals surface area contributed by atoms with Gasteiger partial charge in [0.1, 0.15) is 0 Å². The first-order chi connectivity index (χ1) is 5.09. The molecule has 0 rings (SSSR count). The Morgan fingerprint density at radius 1 is 1.55 bits per heavy atom. The Labute approximate surface area is 66.9 Å². The lowest BCUT2D eigenvalue weighted by Crippen LogP contribution is -2.08. The third-order valence-electron chi connectivity index (χ3n) is 1.51. The minimum absolute atomic E-state index is 0.354. The standard InChI is InChI=1S/C8H15NO2/c1-3-4-5-7(6(2)9)8(10)11/h3-5,9H2,1-2H3,(H,10,11)/b7-6-. The fourth-order valence-electron chi connectivity index (χ4n) is 0.826. The molecule has 0 saturated carbocycles. The maximum absolute atomic E-state index is 10.5. The van der Waals surface area contributed by atoms with Crippen molar-refractivity contribution < 1.29 is 9.90 Å². The van der Waals surface area contributed by atoms with E-state index < -0.39 is 5.97 Å². The topological polar surface area (TPSA) is 63.3 Å². The molecule has 3 heteroatoms. The number of rotatable bonds is 4. The summed E-state index contributed by atoms with van der Waals surface area (Å²) in [6.07, 6.45) is 2.45. The molecule has 0 heterocycles. The zero-order chi connectivity index (χ0) is 8.85. The molecule has 0 amide bonds. The number of nitrogens with two attached hydrogens (primary N) is 1. The molecule has 0 fully saturated rings. The molecule has 0 atom stereocenters. The molecule has 0 aliphatic heterocycles. The first kappa shape index (κ1) is 10.0. The van der Waals surface area contributed by atoms with Gasteiger partial charge >= 0.3 is 5.97 Å². The van der Waals surface area contributed by atoms with Crippen molar-refractivity contribution in [1.82, 2.24) is 0 Å². The summed E-state index contributed by atoms with van der Waals surface area (Å²) in [7, 11) is 0. The number of aliphatic carboxylic acids is 1. The Hall–Kier alpha value is -0.990. The quantitative estimate of drug-likeness (QED) is 0.608. The van der Waals surface area contributed by atoms with Crippen LogP contribution in [0.25, 0.3) is 0 Å². The van der Waals surface area contributed by atoms with E-state index in [0.717, 1.165) is 12.8 Å². The average Bonchev–Trinajstić information content (AvgIpc) is 1.87. The van der Waals surface area contributed by atoms with E-state index in [1.807, 2.05) is 6.92 Å². The van der Waals surface area contributed by atoms with Crippen molar-refractivity contribution in [3.8, 4) is 0 Å². The number of hydrogen-bond acceptors (Lipinski definition) is 2. The van der Waals surface area contributed by atoms with Gasteiger partial charge in [0.2, 0.25) is 0 Å². The van der Waals surface area contributed by atoms with Crippen LogP contribution in [0.1, 0.15) is 33.1 Å². The molecule has 0 aromatic heterocycles. The van der Waals surface area contributed by atoms with Gasteiger partial charge in [-0.2, -0.15) is 0 Å². The fraction of sp³-hybridized carbons (Fsp3) is 0.625. The second-order valence-electron chi connectivity index (χ2n) is 2.57. The Balaban J connectivity index is 4.14. The van der Waals surface area contributed by atoms with Crippen LogP contribution in [0.3, 0.4) is 0 Å². The van der Waals surface area contributed by atoms with E-state index in [9.17, 15) is 4.79 Å². The maximum atomic E-state index is 10.5. The zero-order valence-corrected chi connectivity index (χ0v) is 7.05. The number of allylic oxidation sites excluding steroid dienone is 1. The summed E-state index contributed by atoms with van der Waals surface area (Å²) < 4.78 is 0. The summed E-state index contributed by atoms with van der Waals surface area (Å²) in [5, 5.41) is 8.63. The second kappa shape index (κ2) is 4.77. The maximum Gasteiger partial charge on any atom is 0.333 e. The summed E-state index contributed by atoms with van der Waals surface area (Å²) in [4.78, 5) is 10.5. The SMILES string of the molecule is CCCC/C(C(=O)O)=C(\C)N. The number of carbonyl (C=O) groups is 1. The van der Waals surface area contributed by atoms with Gasteiger partial charge < -0.3 is 10.8 Å². The van der Waals surface area contributed by atoms with Crippen molar-refractivity contribution in [3.05, 3.63) is 11.3 Å². The van der Waals surface area contributed by atoms with Crippen molar-refractivity contribution in [1.29, 1.82) is 0 Å². The van der Waals surface area contributed by atoms with Gasteiger partial charge in [0.15, 0.2) is 0 Å². The highest BCUT2D eigenvalue weighted by atomic mass is 16.4. The highest BCUT2D eigenvalue weighted by molar-refractivity contribution is 5.87. The second-order valence-corrected chi connectivity index (χ2v) is 2.57. The summed E-state index contributed by atoms with van der Waals surface area (Å²) in [5.41, 5.74) is 6.15. The Morgan fingerprint density at radius 2 is 2.09 bits per heavy atom. The lowest BCUT2D eigenvalue weighted by atomic mass is 10.1. The van der Waals surface area contributed by atoms with Gasteiger partial charge in [0.05, 0.1) is 5.57 Å².